The van der Waals surface area contributed by atoms with E-state index >= 15 is 0 Å². The molecule has 1 aliphatic heterocycles. The topological polar surface area (TPSA) is 28.2 Å². The van der Waals surface area contributed by atoms with Crippen LogP contribution in [0.3, 0.4) is 0 Å². The van der Waals surface area contributed by atoms with Gasteiger partial charge < -0.3 is 5.32 Å². The smallest absolute Gasteiger partial charge is 0.0543 e. The van der Waals surface area contributed by atoms with E-state index in [1.54, 1.807) is 0 Å². The number of pyridine rings is 1. The number of rotatable bonds is 4. The molecule has 0 spiro atoms. The lowest BCUT2D eigenvalue weighted by Crippen LogP contribution is -2.18. The molecule has 0 saturated carbocycles. The zero-order valence-electron chi connectivity index (χ0n) is 11.7. The van der Waals surface area contributed by atoms with Crippen molar-refractivity contribution in [2.24, 2.45) is 0 Å². The maximum atomic E-state index is 4.38. The van der Waals surface area contributed by atoms with Gasteiger partial charge in [-0.2, -0.15) is 0 Å². The van der Waals surface area contributed by atoms with Gasteiger partial charge in [0.25, 0.3) is 0 Å². The summed E-state index contributed by atoms with van der Waals surface area (Å²) in [6.45, 7) is 2.90. The summed E-state index contributed by atoms with van der Waals surface area (Å²) >= 11 is 0. The zero-order chi connectivity index (χ0) is 13.1. The molecule has 0 fully saturated rings. The van der Waals surface area contributed by atoms with Crippen LogP contribution in [0.15, 0.2) is 42.6 Å². The van der Waals surface area contributed by atoms with Gasteiger partial charge in [-0.05, 0) is 36.7 Å². The number of aromatic nitrogens is 1. The summed E-state index contributed by atoms with van der Waals surface area (Å²) in [6.07, 6.45) is 3.00. The van der Waals surface area contributed by atoms with E-state index in [1.165, 1.54) is 16.8 Å². The molecule has 1 aliphatic rings. The number of nitrogens with zero attached hydrogens (tertiary/aromatic N) is 2. The zero-order valence-corrected chi connectivity index (χ0v) is 12.5. The van der Waals surface area contributed by atoms with Gasteiger partial charge >= 0.3 is 0 Å². The van der Waals surface area contributed by atoms with Crippen LogP contribution in [0.5, 0.6) is 0 Å². The molecule has 1 aromatic carbocycles. The third kappa shape index (κ3) is 3.30. The third-order valence-corrected chi connectivity index (χ3v) is 3.53. The summed E-state index contributed by atoms with van der Waals surface area (Å²) in [6, 6.07) is 12.7. The highest BCUT2D eigenvalue weighted by Gasteiger charge is 2.14. The van der Waals surface area contributed by atoms with Crippen LogP contribution in [0.2, 0.25) is 0 Å². The Balaban J connectivity index is 0.00000147. The highest BCUT2D eigenvalue weighted by Crippen LogP contribution is 2.27. The van der Waals surface area contributed by atoms with Gasteiger partial charge in [-0.3, -0.25) is 9.88 Å². The first kappa shape index (κ1) is 14.8. The second-order valence-corrected chi connectivity index (χ2v) is 5.12. The van der Waals surface area contributed by atoms with Crippen molar-refractivity contribution >= 4 is 18.1 Å². The Hall–Kier alpha value is -1.58. The summed E-state index contributed by atoms with van der Waals surface area (Å²) in [5.41, 5.74) is 5.29. The van der Waals surface area contributed by atoms with E-state index in [-0.39, 0.29) is 12.4 Å². The van der Waals surface area contributed by atoms with E-state index in [1.807, 2.05) is 18.3 Å². The fourth-order valence-corrected chi connectivity index (χ4v) is 2.66. The molecule has 0 bridgehead atoms. The Labute approximate surface area is 126 Å². The van der Waals surface area contributed by atoms with Gasteiger partial charge in [0.1, 0.15) is 0 Å². The minimum atomic E-state index is 0. The molecular formula is C16H20ClN3. The Morgan fingerprint density at radius 2 is 2.05 bits per heavy atom. The van der Waals surface area contributed by atoms with E-state index in [9.17, 15) is 0 Å². The van der Waals surface area contributed by atoms with Crippen molar-refractivity contribution in [1.29, 1.82) is 0 Å². The maximum Gasteiger partial charge on any atom is 0.0543 e. The van der Waals surface area contributed by atoms with Gasteiger partial charge in [0.2, 0.25) is 0 Å². The van der Waals surface area contributed by atoms with Gasteiger partial charge in [-0.15, -0.1) is 12.4 Å². The van der Waals surface area contributed by atoms with Gasteiger partial charge in [0.05, 0.1) is 5.69 Å². The minimum Gasteiger partial charge on any atom is -0.384 e. The first-order chi connectivity index (χ1) is 9.33. The van der Waals surface area contributed by atoms with Gasteiger partial charge in [-0.1, -0.05) is 24.3 Å². The largest absolute Gasteiger partial charge is 0.384 e. The van der Waals surface area contributed by atoms with Crippen molar-refractivity contribution in [2.45, 2.75) is 19.5 Å². The predicted molar refractivity (Wildman–Crippen MR) is 85.3 cm³/mol. The molecule has 0 aliphatic carbocycles. The van der Waals surface area contributed by atoms with E-state index < -0.39 is 0 Å². The molecule has 0 unspecified atom stereocenters. The SMILES string of the molecule is CN(Cc1ccccn1)Cc1cccc2c1NCC2.Cl. The van der Waals surface area contributed by atoms with Crippen LogP contribution in [0, 0.1) is 0 Å². The summed E-state index contributed by atoms with van der Waals surface area (Å²) < 4.78 is 0. The Morgan fingerprint density at radius 3 is 2.85 bits per heavy atom. The van der Waals surface area contributed by atoms with Crippen LogP contribution < -0.4 is 5.32 Å². The molecule has 0 atom stereocenters. The van der Waals surface area contributed by atoms with Crippen LogP contribution in [-0.4, -0.2) is 23.5 Å². The average molecular weight is 290 g/mol. The number of hydrogen-bond donors (Lipinski definition) is 1. The second kappa shape index (κ2) is 6.73. The van der Waals surface area contributed by atoms with E-state index in [4.69, 9.17) is 0 Å². The monoisotopic (exact) mass is 289 g/mol. The first-order valence-corrected chi connectivity index (χ1v) is 6.76. The van der Waals surface area contributed by atoms with Crippen molar-refractivity contribution < 1.29 is 0 Å². The number of anilines is 1. The number of hydrogen-bond acceptors (Lipinski definition) is 3. The third-order valence-electron chi connectivity index (χ3n) is 3.53. The molecular weight excluding hydrogens is 270 g/mol. The Bertz CT molecular complexity index is 557. The highest BCUT2D eigenvalue weighted by atomic mass is 35.5. The molecule has 1 N–H and O–H groups in total. The van der Waals surface area contributed by atoms with E-state index in [0.717, 1.165) is 31.7 Å². The number of nitrogens with one attached hydrogen (secondary N) is 1. The summed E-state index contributed by atoms with van der Waals surface area (Å²) in [4.78, 5) is 6.68. The standard InChI is InChI=1S/C16H19N3.ClH/c1-19(12-15-7-2-3-9-17-15)11-14-6-4-5-13-8-10-18-16(13)14;/h2-7,9,18H,8,10-12H2,1H3;1H. The molecule has 2 heterocycles. The molecule has 20 heavy (non-hydrogen) atoms. The minimum absolute atomic E-state index is 0. The highest BCUT2D eigenvalue weighted by molar-refractivity contribution is 5.85. The lowest BCUT2D eigenvalue weighted by molar-refractivity contribution is 0.315. The number of halogens is 1. The number of benzene rings is 1. The fourth-order valence-electron chi connectivity index (χ4n) is 2.66. The van der Waals surface area contributed by atoms with E-state index in [2.05, 4.69) is 46.5 Å². The van der Waals surface area contributed by atoms with Crippen LogP contribution in [-0.2, 0) is 19.5 Å². The Kier molecular flexibility index (Phi) is 4.99. The molecule has 1 aromatic heterocycles. The molecule has 0 saturated heterocycles. The average Bonchev–Trinajstić information content (AvgIpc) is 2.89. The summed E-state index contributed by atoms with van der Waals surface area (Å²) in [5, 5.41) is 3.50. The van der Waals surface area contributed by atoms with Crippen LogP contribution in [0.4, 0.5) is 5.69 Å². The number of fused-ring (bicyclic) bond motifs is 1. The molecule has 4 heteroatoms. The lowest BCUT2D eigenvalue weighted by Gasteiger charge is -2.18. The fraction of sp³-hybridized carbons (Fsp3) is 0.312. The molecule has 3 rings (SSSR count). The maximum absolute atomic E-state index is 4.38. The van der Waals surface area contributed by atoms with Crippen molar-refractivity contribution in [3.8, 4) is 0 Å². The van der Waals surface area contributed by atoms with Crippen molar-refractivity contribution in [1.82, 2.24) is 9.88 Å². The van der Waals surface area contributed by atoms with Gasteiger partial charge in [-0.25, -0.2) is 0 Å². The van der Waals surface area contributed by atoms with Crippen LogP contribution in [0.25, 0.3) is 0 Å². The second-order valence-electron chi connectivity index (χ2n) is 5.12. The normalized spacial score (nSPS) is 12.7. The lowest BCUT2D eigenvalue weighted by atomic mass is 10.1. The molecule has 106 valence electrons. The summed E-state index contributed by atoms with van der Waals surface area (Å²) in [5.74, 6) is 0. The van der Waals surface area contributed by atoms with Crippen molar-refractivity contribution in [3.05, 3.63) is 59.4 Å². The van der Waals surface area contributed by atoms with Crippen LogP contribution in [0.1, 0.15) is 16.8 Å². The molecule has 0 amide bonds. The van der Waals surface area contributed by atoms with Gasteiger partial charge in [0, 0.05) is 31.5 Å². The summed E-state index contributed by atoms with van der Waals surface area (Å²) in [7, 11) is 2.14. The predicted octanol–water partition coefficient (Wildman–Crippen LogP) is 3.10. The van der Waals surface area contributed by atoms with Gasteiger partial charge in [0.15, 0.2) is 0 Å². The molecule has 3 nitrogen and oxygen atoms in total. The molecule has 2 aromatic rings. The van der Waals surface area contributed by atoms with Crippen molar-refractivity contribution in [3.63, 3.8) is 0 Å². The molecule has 0 radical (unpaired) electrons. The Morgan fingerprint density at radius 1 is 1.15 bits per heavy atom. The van der Waals surface area contributed by atoms with Crippen molar-refractivity contribution in [2.75, 3.05) is 18.9 Å². The first-order valence-electron chi connectivity index (χ1n) is 6.76. The van der Waals surface area contributed by atoms with Crippen LogP contribution >= 0.6 is 12.4 Å². The number of para-hydroxylation sites is 1. The van der Waals surface area contributed by atoms with E-state index in [0.29, 0.717) is 0 Å². The quantitative estimate of drug-likeness (QED) is 0.937.